The number of ketones is 2. The lowest BCUT2D eigenvalue weighted by Crippen LogP contribution is -2.55. The number of rotatable bonds is 12. The van der Waals surface area contributed by atoms with Crippen molar-refractivity contribution in [2.24, 2.45) is 5.92 Å². The highest BCUT2D eigenvalue weighted by atomic mass is 16.2. The van der Waals surface area contributed by atoms with Gasteiger partial charge in [0.2, 0.25) is 5.91 Å². The van der Waals surface area contributed by atoms with Crippen LogP contribution in [-0.4, -0.2) is 47.7 Å². The standard InChI is InChI=1S/C19H37N3O3/c1-9-15(23)11-21-18(5,6)10-14(4)17(25)19(7,8)22-16(24)12-20-13(2)3/h13-14,20-21H,9-12H2,1-8H3,(H,22,24). The molecule has 6 nitrogen and oxygen atoms in total. The van der Waals surface area contributed by atoms with E-state index in [9.17, 15) is 14.4 Å². The van der Waals surface area contributed by atoms with Crippen LogP contribution >= 0.6 is 0 Å². The van der Waals surface area contributed by atoms with Gasteiger partial charge >= 0.3 is 0 Å². The zero-order valence-electron chi connectivity index (χ0n) is 17.2. The average molecular weight is 356 g/mol. The van der Waals surface area contributed by atoms with Crippen LogP contribution in [0.4, 0.5) is 0 Å². The van der Waals surface area contributed by atoms with E-state index in [1.54, 1.807) is 13.8 Å². The maximum atomic E-state index is 12.8. The lowest BCUT2D eigenvalue weighted by molar-refractivity contribution is -0.133. The van der Waals surface area contributed by atoms with Crippen LogP contribution in [0.2, 0.25) is 0 Å². The smallest absolute Gasteiger partial charge is 0.234 e. The van der Waals surface area contributed by atoms with Crippen LogP contribution < -0.4 is 16.0 Å². The number of carbonyl (C=O) groups is 3. The Balaban J connectivity index is 4.67. The van der Waals surface area contributed by atoms with Gasteiger partial charge in [0.15, 0.2) is 5.78 Å². The first-order chi connectivity index (χ1) is 11.3. The Morgan fingerprint density at radius 1 is 0.960 bits per heavy atom. The molecule has 0 aliphatic heterocycles. The van der Waals surface area contributed by atoms with Crippen molar-refractivity contribution in [1.82, 2.24) is 16.0 Å². The fraction of sp³-hybridized carbons (Fsp3) is 0.842. The minimum Gasteiger partial charge on any atom is -0.343 e. The Hall–Kier alpha value is -1.27. The van der Waals surface area contributed by atoms with Crippen molar-refractivity contribution in [3.63, 3.8) is 0 Å². The summed E-state index contributed by atoms with van der Waals surface area (Å²) in [6.45, 7) is 15.6. The second-order valence-electron chi connectivity index (χ2n) is 8.31. The van der Waals surface area contributed by atoms with E-state index in [2.05, 4.69) is 16.0 Å². The second-order valence-corrected chi connectivity index (χ2v) is 8.31. The first-order valence-corrected chi connectivity index (χ1v) is 9.16. The summed E-state index contributed by atoms with van der Waals surface area (Å²) in [5, 5.41) is 9.08. The van der Waals surface area contributed by atoms with Gasteiger partial charge in [-0.15, -0.1) is 0 Å². The van der Waals surface area contributed by atoms with E-state index in [0.29, 0.717) is 19.4 Å². The summed E-state index contributed by atoms with van der Waals surface area (Å²) in [6.07, 6.45) is 1.09. The molecular formula is C19H37N3O3. The molecule has 0 rings (SSSR count). The highest BCUT2D eigenvalue weighted by molar-refractivity contribution is 5.94. The SMILES string of the molecule is CCC(=O)CNC(C)(C)CC(C)C(=O)C(C)(C)NC(=O)CNC(C)C. The quantitative estimate of drug-likeness (QED) is 0.497. The first kappa shape index (κ1) is 23.7. The van der Waals surface area contributed by atoms with Crippen LogP contribution in [0.25, 0.3) is 0 Å². The number of hydrogen-bond donors (Lipinski definition) is 3. The Labute approximate surface area is 152 Å². The van der Waals surface area contributed by atoms with Gasteiger partial charge in [-0.2, -0.15) is 0 Å². The highest BCUT2D eigenvalue weighted by Gasteiger charge is 2.35. The van der Waals surface area contributed by atoms with Gasteiger partial charge in [-0.25, -0.2) is 0 Å². The normalized spacial score (nSPS) is 13.6. The number of hydrogen-bond acceptors (Lipinski definition) is 5. The molecule has 0 aromatic rings. The monoisotopic (exact) mass is 355 g/mol. The second kappa shape index (κ2) is 10.0. The van der Waals surface area contributed by atoms with Gasteiger partial charge in [-0.05, 0) is 34.1 Å². The first-order valence-electron chi connectivity index (χ1n) is 9.16. The van der Waals surface area contributed by atoms with E-state index < -0.39 is 5.54 Å². The van der Waals surface area contributed by atoms with Crippen LogP contribution in [0, 0.1) is 5.92 Å². The number of Topliss-reactive ketones (excluding diaryl/α,β-unsaturated/α-hetero) is 2. The van der Waals surface area contributed by atoms with E-state index in [1.165, 1.54) is 0 Å². The molecule has 0 saturated carbocycles. The van der Waals surface area contributed by atoms with Crippen molar-refractivity contribution in [3.05, 3.63) is 0 Å². The molecule has 0 spiro atoms. The van der Waals surface area contributed by atoms with E-state index in [0.717, 1.165) is 0 Å². The molecule has 1 unspecified atom stereocenters. The Bertz CT molecular complexity index is 471. The molecule has 0 aromatic heterocycles. The lowest BCUT2D eigenvalue weighted by Gasteiger charge is -2.33. The average Bonchev–Trinajstić information content (AvgIpc) is 2.48. The topological polar surface area (TPSA) is 87.3 Å². The summed E-state index contributed by atoms with van der Waals surface area (Å²) in [5.41, 5.74) is -1.26. The van der Waals surface area contributed by atoms with Crippen molar-refractivity contribution in [3.8, 4) is 0 Å². The van der Waals surface area contributed by atoms with Crippen LogP contribution in [0.3, 0.4) is 0 Å². The summed E-state index contributed by atoms with van der Waals surface area (Å²) in [7, 11) is 0. The Morgan fingerprint density at radius 3 is 2.00 bits per heavy atom. The molecule has 3 N–H and O–H groups in total. The third-order valence-electron chi connectivity index (χ3n) is 4.16. The molecule has 6 heteroatoms. The van der Waals surface area contributed by atoms with Crippen molar-refractivity contribution < 1.29 is 14.4 Å². The van der Waals surface area contributed by atoms with Crippen LogP contribution in [0.1, 0.15) is 68.2 Å². The fourth-order valence-electron chi connectivity index (χ4n) is 2.76. The van der Waals surface area contributed by atoms with E-state index in [1.807, 2.05) is 41.5 Å². The molecule has 0 aliphatic carbocycles. The molecule has 0 aromatic carbocycles. The number of carbonyl (C=O) groups excluding carboxylic acids is 3. The maximum absolute atomic E-state index is 12.8. The predicted molar refractivity (Wildman–Crippen MR) is 102 cm³/mol. The summed E-state index contributed by atoms with van der Waals surface area (Å²) in [5.74, 6) is -0.294. The number of amides is 1. The fourth-order valence-corrected chi connectivity index (χ4v) is 2.76. The van der Waals surface area contributed by atoms with Gasteiger partial charge in [0.05, 0.1) is 18.6 Å². The van der Waals surface area contributed by atoms with Gasteiger partial charge in [-0.1, -0.05) is 27.7 Å². The third kappa shape index (κ3) is 9.70. The summed E-state index contributed by atoms with van der Waals surface area (Å²) >= 11 is 0. The molecule has 0 fully saturated rings. The summed E-state index contributed by atoms with van der Waals surface area (Å²) < 4.78 is 0. The largest absolute Gasteiger partial charge is 0.343 e. The summed E-state index contributed by atoms with van der Waals surface area (Å²) in [6, 6.07) is 0.209. The van der Waals surface area contributed by atoms with Crippen LogP contribution in [0.15, 0.2) is 0 Å². The molecule has 1 amide bonds. The molecule has 146 valence electrons. The van der Waals surface area contributed by atoms with Gasteiger partial charge in [0.25, 0.3) is 0 Å². The van der Waals surface area contributed by atoms with Crippen molar-refractivity contribution >= 4 is 17.5 Å². The molecule has 1 atom stereocenters. The van der Waals surface area contributed by atoms with Gasteiger partial charge < -0.3 is 16.0 Å². The van der Waals surface area contributed by atoms with Gasteiger partial charge in [0, 0.05) is 23.9 Å². The van der Waals surface area contributed by atoms with Crippen LogP contribution in [-0.2, 0) is 14.4 Å². The molecule has 0 saturated heterocycles. The van der Waals surface area contributed by atoms with Gasteiger partial charge in [-0.3, -0.25) is 14.4 Å². The third-order valence-corrected chi connectivity index (χ3v) is 4.16. The molecule has 0 radical (unpaired) electrons. The Morgan fingerprint density at radius 2 is 1.52 bits per heavy atom. The minimum atomic E-state index is -0.926. The van der Waals surface area contributed by atoms with Crippen LogP contribution in [0.5, 0.6) is 0 Å². The molecule has 0 heterocycles. The molecular weight excluding hydrogens is 318 g/mol. The zero-order chi connectivity index (χ0) is 19.8. The van der Waals surface area contributed by atoms with Crippen molar-refractivity contribution in [1.29, 1.82) is 0 Å². The maximum Gasteiger partial charge on any atom is 0.234 e. The van der Waals surface area contributed by atoms with E-state index in [-0.39, 0.29) is 41.5 Å². The van der Waals surface area contributed by atoms with Crippen molar-refractivity contribution in [2.45, 2.75) is 85.4 Å². The number of nitrogens with one attached hydrogen (secondary N) is 3. The molecule has 25 heavy (non-hydrogen) atoms. The minimum absolute atomic E-state index is 0.0120. The van der Waals surface area contributed by atoms with Crippen molar-refractivity contribution in [2.75, 3.05) is 13.1 Å². The zero-order valence-corrected chi connectivity index (χ0v) is 17.2. The van der Waals surface area contributed by atoms with E-state index in [4.69, 9.17) is 0 Å². The lowest BCUT2D eigenvalue weighted by atomic mass is 9.82. The summed E-state index contributed by atoms with van der Waals surface area (Å²) in [4.78, 5) is 36.3. The molecule has 0 bridgehead atoms. The van der Waals surface area contributed by atoms with Gasteiger partial charge in [0.1, 0.15) is 5.78 Å². The molecule has 0 aliphatic rings. The highest BCUT2D eigenvalue weighted by Crippen LogP contribution is 2.21. The van der Waals surface area contributed by atoms with E-state index >= 15 is 0 Å². The Kier molecular flexibility index (Phi) is 9.51. The predicted octanol–water partition coefficient (Wildman–Crippen LogP) is 1.82.